The maximum Gasteiger partial charge on any atom is 0.262 e. The zero-order valence-electron chi connectivity index (χ0n) is 19.1. The minimum Gasteiger partial charge on any atom is -0.496 e. The van der Waals surface area contributed by atoms with Gasteiger partial charge in [0.2, 0.25) is 0 Å². The lowest BCUT2D eigenvalue weighted by Gasteiger charge is -2.38. The van der Waals surface area contributed by atoms with Crippen molar-refractivity contribution >= 4 is 5.91 Å². The van der Waals surface area contributed by atoms with Gasteiger partial charge in [-0.15, -0.1) is 0 Å². The van der Waals surface area contributed by atoms with Crippen LogP contribution in [0.4, 0.5) is 4.39 Å². The van der Waals surface area contributed by atoms with Crippen LogP contribution in [-0.2, 0) is 6.42 Å². The number of hydrogen-bond acceptors (Lipinski definition) is 5. The number of carbonyl (C=O) groups is 1. The van der Waals surface area contributed by atoms with E-state index in [0.29, 0.717) is 41.5 Å². The fourth-order valence-electron chi connectivity index (χ4n) is 4.37. The average molecular weight is 451 g/mol. The van der Waals surface area contributed by atoms with E-state index in [1.807, 2.05) is 12.1 Å². The molecule has 3 aromatic rings. The molecule has 0 N–H and O–H groups in total. The van der Waals surface area contributed by atoms with Crippen molar-refractivity contribution < 1.29 is 28.1 Å². The van der Waals surface area contributed by atoms with Crippen LogP contribution in [0.1, 0.15) is 33.1 Å². The predicted molar refractivity (Wildman–Crippen MR) is 122 cm³/mol. The number of hydrogen-bond donors (Lipinski definition) is 0. The van der Waals surface area contributed by atoms with Gasteiger partial charge in [-0.05, 0) is 59.5 Å². The Labute approximate surface area is 192 Å². The van der Waals surface area contributed by atoms with Gasteiger partial charge in [-0.25, -0.2) is 4.39 Å². The Balaban J connectivity index is 1.89. The molecule has 0 radical (unpaired) electrons. The third-order valence-corrected chi connectivity index (χ3v) is 5.96. The zero-order valence-corrected chi connectivity index (χ0v) is 19.1. The molecule has 0 aliphatic carbocycles. The lowest BCUT2D eigenvalue weighted by atomic mass is 9.87. The van der Waals surface area contributed by atoms with Crippen LogP contribution < -0.4 is 18.9 Å². The summed E-state index contributed by atoms with van der Waals surface area (Å²) in [5, 5.41) is 0. The first-order chi connectivity index (χ1) is 16.0. The van der Waals surface area contributed by atoms with Gasteiger partial charge in [-0.2, -0.15) is 0 Å². The lowest BCUT2D eigenvalue weighted by Crippen LogP contribution is -2.41. The van der Waals surface area contributed by atoms with Crippen molar-refractivity contribution in [1.29, 1.82) is 0 Å². The number of nitrogens with zero attached hydrogens (tertiary/aromatic N) is 1. The highest BCUT2D eigenvalue weighted by molar-refractivity contribution is 6.00. The third-order valence-electron chi connectivity index (χ3n) is 5.96. The van der Waals surface area contributed by atoms with E-state index in [-0.39, 0.29) is 11.7 Å². The molecule has 0 saturated carbocycles. The van der Waals surface area contributed by atoms with E-state index in [1.54, 1.807) is 49.5 Å². The Morgan fingerprint density at radius 3 is 2.00 bits per heavy atom. The maximum atomic E-state index is 13.9. The second-order valence-corrected chi connectivity index (χ2v) is 7.65. The van der Waals surface area contributed by atoms with Gasteiger partial charge < -0.3 is 23.8 Å². The van der Waals surface area contributed by atoms with E-state index < -0.39 is 6.04 Å². The highest BCUT2D eigenvalue weighted by Crippen LogP contribution is 2.42. The molecule has 1 aliphatic rings. The molecule has 0 bridgehead atoms. The third kappa shape index (κ3) is 4.06. The Bertz CT molecular complexity index is 1140. The molecule has 7 heteroatoms. The van der Waals surface area contributed by atoms with Crippen LogP contribution >= 0.6 is 0 Å². The number of rotatable bonds is 6. The number of carbonyl (C=O) groups excluding carboxylic acids is 1. The van der Waals surface area contributed by atoms with Crippen molar-refractivity contribution in [3.05, 3.63) is 82.7 Å². The number of ether oxygens (including phenoxy) is 4. The normalized spacial score (nSPS) is 14.9. The molecule has 1 amide bonds. The molecule has 1 unspecified atom stereocenters. The number of methoxy groups -OCH3 is 4. The molecule has 172 valence electrons. The topological polar surface area (TPSA) is 57.2 Å². The highest BCUT2D eigenvalue weighted by atomic mass is 19.1. The first-order valence-corrected chi connectivity index (χ1v) is 10.5. The van der Waals surface area contributed by atoms with Gasteiger partial charge >= 0.3 is 0 Å². The zero-order chi connectivity index (χ0) is 23.5. The first-order valence-electron chi connectivity index (χ1n) is 10.5. The first kappa shape index (κ1) is 22.5. The Morgan fingerprint density at radius 2 is 1.42 bits per heavy atom. The van der Waals surface area contributed by atoms with Crippen molar-refractivity contribution in [3.8, 4) is 23.0 Å². The van der Waals surface area contributed by atoms with Crippen molar-refractivity contribution in [1.82, 2.24) is 4.90 Å². The molecule has 3 aromatic carbocycles. The molecule has 1 aliphatic heterocycles. The molecule has 0 aromatic heterocycles. The van der Waals surface area contributed by atoms with E-state index in [9.17, 15) is 9.18 Å². The predicted octanol–water partition coefficient (Wildman–Crippen LogP) is 4.65. The minimum absolute atomic E-state index is 0.237. The largest absolute Gasteiger partial charge is 0.496 e. The van der Waals surface area contributed by atoms with Crippen LogP contribution in [0.2, 0.25) is 0 Å². The van der Waals surface area contributed by atoms with Crippen molar-refractivity contribution in [3.63, 3.8) is 0 Å². The monoisotopic (exact) mass is 451 g/mol. The van der Waals surface area contributed by atoms with E-state index >= 15 is 0 Å². The number of fused-ring (bicyclic) bond motifs is 1. The summed E-state index contributed by atoms with van der Waals surface area (Å²) in [6.07, 6.45) is 0.622. The molecule has 0 fully saturated rings. The summed E-state index contributed by atoms with van der Waals surface area (Å²) in [6, 6.07) is 14.8. The molecular weight excluding hydrogens is 425 g/mol. The van der Waals surface area contributed by atoms with Crippen molar-refractivity contribution in [2.75, 3.05) is 35.0 Å². The smallest absolute Gasteiger partial charge is 0.262 e. The Morgan fingerprint density at radius 1 is 0.848 bits per heavy atom. The van der Waals surface area contributed by atoms with Gasteiger partial charge in [-0.3, -0.25) is 4.79 Å². The van der Waals surface area contributed by atoms with Crippen LogP contribution in [0.5, 0.6) is 23.0 Å². The molecule has 33 heavy (non-hydrogen) atoms. The molecule has 0 spiro atoms. The van der Waals surface area contributed by atoms with Crippen molar-refractivity contribution in [2.45, 2.75) is 12.5 Å². The summed E-state index contributed by atoms with van der Waals surface area (Å²) >= 11 is 0. The van der Waals surface area contributed by atoms with Crippen LogP contribution in [0.3, 0.4) is 0 Å². The molecular formula is C26H26FNO5. The van der Waals surface area contributed by atoms with Gasteiger partial charge in [-0.1, -0.05) is 18.2 Å². The number of amides is 1. The summed E-state index contributed by atoms with van der Waals surface area (Å²) < 4.78 is 35.7. The Kier molecular flexibility index (Phi) is 6.40. The summed E-state index contributed by atoms with van der Waals surface area (Å²) in [5.74, 6) is 1.46. The summed E-state index contributed by atoms with van der Waals surface area (Å²) in [4.78, 5) is 15.7. The van der Waals surface area contributed by atoms with Gasteiger partial charge in [0.25, 0.3) is 5.91 Å². The molecule has 1 heterocycles. The van der Waals surface area contributed by atoms with Gasteiger partial charge in [0, 0.05) is 6.54 Å². The summed E-state index contributed by atoms with van der Waals surface area (Å²) in [6.45, 7) is 0.449. The summed E-state index contributed by atoms with van der Waals surface area (Å²) in [7, 11) is 6.20. The second kappa shape index (κ2) is 9.40. The minimum atomic E-state index is -0.462. The molecule has 1 atom stereocenters. The fourth-order valence-corrected chi connectivity index (χ4v) is 4.37. The van der Waals surface area contributed by atoms with E-state index in [2.05, 4.69) is 0 Å². The Hall–Kier alpha value is -3.74. The average Bonchev–Trinajstić information content (AvgIpc) is 2.86. The van der Waals surface area contributed by atoms with E-state index in [4.69, 9.17) is 18.9 Å². The highest BCUT2D eigenvalue weighted by Gasteiger charge is 2.36. The summed E-state index contributed by atoms with van der Waals surface area (Å²) in [5.41, 5.74) is 3.07. The van der Waals surface area contributed by atoms with Crippen LogP contribution in [0.25, 0.3) is 0 Å². The van der Waals surface area contributed by atoms with E-state index in [1.165, 1.54) is 26.4 Å². The lowest BCUT2D eigenvalue weighted by molar-refractivity contribution is 0.0687. The van der Waals surface area contributed by atoms with Crippen LogP contribution in [0.15, 0.2) is 54.6 Å². The standard InChI is InChI=1S/C26H26FNO5/c1-30-20-6-5-7-21(31-2)24(20)26(29)28-13-12-17-14-22(32-3)23(33-4)15-19(17)25(28)16-8-10-18(27)11-9-16/h5-11,14-15,25H,12-13H2,1-4H3. The SMILES string of the molecule is COc1cc2c(cc1OC)C(c1ccc(F)cc1)N(C(=O)c1c(OC)cccc1OC)CC2. The number of halogens is 1. The molecule has 0 saturated heterocycles. The fraction of sp³-hybridized carbons (Fsp3) is 0.269. The van der Waals surface area contributed by atoms with Gasteiger partial charge in [0.05, 0.1) is 34.5 Å². The van der Waals surface area contributed by atoms with Gasteiger partial charge in [0.15, 0.2) is 11.5 Å². The molecule has 4 rings (SSSR count). The van der Waals surface area contributed by atoms with Crippen LogP contribution in [-0.4, -0.2) is 45.8 Å². The second-order valence-electron chi connectivity index (χ2n) is 7.65. The van der Waals surface area contributed by atoms with E-state index in [0.717, 1.165) is 16.7 Å². The maximum absolute atomic E-state index is 13.9. The number of benzene rings is 3. The van der Waals surface area contributed by atoms with Crippen molar-refractivity contribution in [2.24, 2.45) is 0 Å². The van der Waals surface area contributed by atoms with Gasteiger partial charge in [0.1, 0.15) is 22.9 Å². The quantitative estimate of drug-likeness (QED) is 0.546. The molecule has 6 nitrogen and oxygen atoms in total. The van der Waals surface area contributed by atoms with Crippen LogP contribution in [0, 0.1) is 5.82 Å².